The van der Waals surface area contributed by atoms with Crippen molar-refractivity contribution in [1.29, 1.82) is 5.41 Å². The first-order valence-electron chi connectivity index (χ1n) is 6.62. The summed E-state index contributed by atoms with van der Waals surface area (Å²) in [5, 5.41) is 8.25. The highest BCUT2D eigenvalue weighted by Gasteiger charge is 2.26. The van der Waals surface area contributed by atoms with E-state index in [0.29, 0.717) is 5.84 Å². The third-order valence-electron chi connectivity index (χ3n) is 3.59. The van der Waals surface area contributed by atoms with Gasteiger partial charge in [-0.15, -0.1) is 0 Å². The van der Waals surface area contributed by atoms with Crippen LogP contribution in [0, 0.1) is 5.41 Å². The molecule has 0 amide bonds. The van der Waals surface area contributed by atoms with E-state index < -0.39 is 0 Å². The van der Waals surface area contributed by atoms with Gasteiger partial charge in [-0.3, -0.25) is 10.3 Å². The van der Waals surface area contributed by atoms with Gasteiger partial charge in [0.2, 0.25) is 0 Å². The zero-order valence-electron chi connectivity index (χ0n) is 11.6. The van der Waals surface area contributed by atoms with Crippen molar-refractivity contribution in [3.05, 3.63) is 35.9 Å². The molecule has 3 nitrogen and oxygen atoms in total. The average Bonchev–Trinajstić information content (AvgIpc) is 2.38. The van der Waals surface area contributed by atoms with Gasteiger partial charge in [0.1, 0.15) is 5.84 Å². The van der Waals surface area contributed by atoms with E-state index in [9.17, 15) is 0 Å². The van der Waals surface area contributed by atoms with Crippen molar-refractivity contribution >= 4 is 5.84 Å². The summed E-state index contributed by atoms with van der Waals surface area (Å²) >= 11 is 0. The van der Waals surface area contributed by atoms with Gasteiger partial charge in [0, 0.05) is 37.3 Å². The standard InChI is InChI=1S/C15H23N3/c1-15(2,3)18-11-9-17(10-12-18)14(16)13-7-5-4-6-8-13/h4-8,16H,9-12H2,1-3H3. The smallest absolute Gasteiger partial charge is 0.128 e. The first-order chi connectivity index (χ1) is 8.48. The first-order valence-corrected chi connectivity index (χ1v) is 6.62. The molecule has 1 aliphatic rings. The maximum Gasteiger partial charge on any atom is 0.128 e. The zero-order chi connectivity index (χ0) is 13.2. The topological polar surface area (TPSA) is 30.3 Å². The summed E-state index contributed by atoms with van der Waals surface area (Å²) in [5.41, 5.74) is 1.25. The molecule has 3 heteroatoms. The molecule has 1 aromatic carbocycles. The summed E-state index contributed by atoms with van der Waals surface area (Å²) in [6.45, 7) is 10.7. The van der Waals surface area contributed by atoms with Crippen LogP contribution in [0.1, 0.15) is 26.3 Å². The van der Waals surface area contributed by atoms with Gasteiger partial charge in [0.25, 0.3) is 0 Å². The fourth-order valence-corrected chi connectivity index (χ4v) is 2.38. The summed E-state index contributed by atoms with van der Waals surface area (Å²) in [6.07, 6.45) is 0. The van der Waals surface area contributed by atoms with E-state index in [-0.39, 0.29) is 5.54 Å². The first kappa shape index (κ1) is 13.1. The molecule has 2 rings (SSSR count). The van der Waals surface area contributed by atoms with Gasteiger partial charge in [0.05, 0.1) is 0 Å². The van der Waals surface area contributed by atoms with Crippen LogP contribution in [0.25, 0.3) is 0 Å². The Morgan fingerprint density at radius 3 is 2.06 bits per heavy atom. The summed E-state index contributed by atoms with van der Waals surface area (Å²) < 4.78 is 0. The number of benzene rings is 1. The Kier molecular flexibility index (Phi) is 3.71. The molecule has 1 aromatic rings. The second-order valence-corrected chi connectivity index (χ2v) is 5.86. The van der Waals surface area contributed by atoms with Crippen LogP contribution < -0.4 is 0 Å². The van der Waals surface area contributed by atoms with Crippen LogP contribution in [-0.4, -0.2) is 47.4 Å². The van der Waals surface area contributed by atoms with Crippen molar-refractivity contribution < 1.29 is 0 Å². The molecular formula is C15H23N3. The van der Waals surface area contributed by atoms with Gasteiger partial charge < -0.3 is 4.90 Å². The lowest BCUT2D eigenvalue weighted by molar-refractivity contribution is 0.0882. The van der Waals surface area contributed by atoms with Crippen molar-refractivity contribution in [2.45, 2.75) is 26.3 Å². The number of nitrogens with one attached hydrogen (secondary N) is 1. The Balaban J connectivity index is 1.96. The molecule has 0 aliphatic carbocycles. The fourth-order valence-electron chi connectivity index (χ4n) is 2.38. The van der Waals surface area contributed by atoms with Crippen LogP contribution in [0.15, 0.2) is 30.3 Å². The van der Waals surface area contributed by atoms with E-state index in [0.717, 1.165) is 31.7 Å². The highest BCUT2D eigenvalue weighted by molar-refractivity contribution is 5.96. The summed E-state index contributed by atoms with van der Waals surface area (Å²) in [5.74, 6) is 0.657. The maximum absolute atomic E-state index is 8.25. The Morgan fingerprint density at radius 2 is 1.56 bits per heavy atom. The molecule has 0 saturated carbocycles. The molecule has 98 valence electrons. The Bertz CT molecular complexity index is 397. The monoisotopic (exact) mass is 245 g/mol. The number of nitrogens with zero attached hydrogens (tertiary/aromatic N) is 2. The van der Waals surface area contributed by atoms with Gasteiger partial charge in [-0.05, 0) is 20.8 Å². The van der Waals surface area contributed by atoms with E-state index in [1.54, 1.807) is 0 Å². The SMILES string of the molecule is CC(C)(C)N1CCN(C(=N)c2ccccc2)CC1. The van der Waals surface area contributed by atoms with Crippen LogP contribution >= 0.6 is 0 Å². The van der Waals surface area contributed by atoms with Gasteiger partial charge in [0.15, 0.2) is 0 Å². The minimum absolute atomic E-state index is 0.237. The van der Waals surface area contributed by atoms with Crippen LogP contribution in [0.5, 0.6) is 0 Å². The van der Waals surface area contributed by atoms with Crippen LogP contribution in [-0.2, 0) is 0 Å². The Morgan fingerprint density at radius 1 is 1.00 bits per heavy atom. The second kappa shape index (κ2) is 5.11. The molecule has 1 saturated heterocycles. The highest BCUT2D eigenvalue weighted by atomic mass is 15.3. The Labute approximate surface area is 110 Å². The molecule has 0 atom stereocenters. The second-order valence-electron chi connectivity index (χ2n) is 5.86. The largest absolute Gasteiger partial charge is 0.354 e. The van der Waals surface area contributed by atoms with E-state index in [2.05, 4.69) is 30.6 Å². The molecular weight excluding hydrogens is 222 g/mol. The molecule has 1 N–H and O–H groups in total. The molecule has 0 bridgehead atoms. The molecule has 0 unspecified atom stereocenters. The molecule has 18 heavy (non-hydrogen) atoms. The lowest BCUT2D eigenvalue weighted by atomic mass is 10.0. The molecule has 0 spiro atoms. The van der Waals surface area contributed by atoms with Crippen molar-refractivity contribution in [3.8, 4) is 0 Å². The predicted molar refractivity (Wildman–Crippen MR) is 76.2 cm³/mol. The van der Waals surface area contributed by atoms with E-state index in [4.69, 9.17) is 5.41 Å². The maximum atomic E-state index is 8.25. The van der Waals surface area contributed by atoms with Crippen LogP contribution in [0.2, 0.25) is 0 Å². The number of rotatable bonds is 1. The lowest BCUT2D eigenvalue weighted by Crippen LogP contribution is -2.54. The van der Waals surface area contributed by atoms with Crippen molar-refractivity contribution in [3.63, 3.8) is 0 Å². The number of piperazine rings is 1. The highest BCUT2D eigenvalue weighted by Crippen LogP contribution is 2.17. The van der Waals surface area contributed by atoms with Crippen molar-refractivity contribution in [2.24, 2.45) is 0 Å². The number of hydrogen-bond donors (Lipinski definition) is 1. The molecule has 0 radical (unpaired) electrons. The van der Waals surface area contributed by atoms with Crippen LogP contribution in [0.3, 0.4) is 0 Å². The van der Waals surface area contributed by atoms with E-state index in [1.807, 2.05) is 30.3 Å². The van der Waals surface area contributed by atoms with Gasteiger partial charge in [-0.25, -0.2) is 0 Å². The Hall–Kier alpha value is -1.35. The molecule has 1 fully saturated rings. The summed E-state index contributed by atoms with van der Waals surface area (Å²) in [6, 6.07) is 10.0. The lowest BCUT2D eigenvalue weighted by Gasteiger charge is -2.43. The molecule has 1 heterocycles. The minimum Gasteiger partial charge on any atom is -0.354 e. The summed E-state index contributed by atoms with van der Waals surface area (Å²) in [7, 11) is 0. The third-order valence-corrected chi connectivity index (χ3v) is 3.59. The zero-order valence-corrected chi connectivity index (χ0v) is 11.6. The quantitative estimate of drug-likeness (QED) is 0.608. The van der Waals surface area contributed by atoms with Crippen molar-refractivity contribution in [2.75, 3.05) is 26.2 Å². The third kappa shape index (κ3) is 2.91. The fraction of sp³-hybridized carbons (Fsp3) is 0.533. The molecule has 0 aromatic heterocycles. The van der Waals surface area contributed by atoms with E-state index in [1.165, 1.54) is 0 Å². The summed E-state index contributed by atoms with van der Waals surface area (Å²) in [4.78, 5) is 4.67. The van der Waals surface area contributed by atoms with Gasteiger partial charge in [-0.2, -0.15) is 0 Å². The predicted octanol–water partition coefficient (Wildman–Crippen LogP) is 2.43. The number of amidine groups is 1. The number of hydrogen-bond acceptors (Lipinski definition) is 2. The minimum atomic E-state index is 0.237. The van der Waals surface area contributed by atoms with Crippen LogP contribution in [0.4, 0.5) is 0 Å². The normalized spacial score (nSPS) is 17.8. The van der Waals surface area contributed by atoms with Crippen molar-refractivity contribution in [1.82, 2.24) is 9.80 Å². The van der Waals surface area contributed by atoms with Gasteiger partial charge in [-0.1, -0.05) is 30.3 Å². The molecule has 1 aliphatic heterocycles. The van der Waals surface area contributed by atoms with E-state index >= 15 is 0 Å². The average molecular weight is 245 g/mol. The van der Waals surface area contributed by atoms with Gasteiger partial charge >= 0.3 is 0 Å².